The SMILES string of the molecule is Cc1cnc(Cl)c2c(C#N)c(NC(=O)O)sc12. The molecule has 0 aliphatic rings. The highest BCUT2D eigenvalue weighted by atomic mass is 35.5. The predicted molar refractivity (Wildman–Crippen MR) is 65.7 cm³/mol. The number of amides is 1. The molecule has 2 aromatic heterocycles. The topological polar surface area (TPSA) is 86.0 Å². The number of fused-ring (bicyclic) bond motifs is 1. The summed E-state index contributed by atoms with van der Waals surface area (Å²) in [5.41, 5.74) is 1.07. The normalized spacial score (nSPS) is 10.2. The first-order valence-corrected chi connectivity index (χ1v) is 5.71. The third-order valence-corrected chi connectivity index (χ3v) is 3.70. The average Bonchev–Trinajstić information content (AvgIpc) is 2.62. The molecule has 0 unspecified atom stereocenters. The van der Waals surface area contributed by atoms with Gasteiger partial charge in [0.25, 0.3) is 0 Å². The summed E-state index contributed by atoms with van der Waals surface area (Å²) in [5, 5.41) is 20.9. The molecule has 0 atom stereocenters. The largest absolute Gasteiger partial charge is 0.465 e. The van der Waals surface area contributed by atoms with Gasteiger partial charge in [-0.1, -0.05) is 11.6 Å². The summed E-state index contributed by atoms with van der Waals surface area (Å²) in [7, 11) is 0. The third kappa shape index (κ3) is 1.90. The molecule has 2 aromatic rings. The summed E-state index contributed by atoms with van der Waals surface area (Å²) in [5.74, 6) is 0. The van der Waals surface area contributed by atoms with Crippen molar-refractivity contribution in [3.63, 3.8) is 0 Å². The molecule has 7 heteroatoms. The summed E-state index contributed by atoms with van der Waals surface area (Å²) in [6.45, 7) is 1.83. The van der Waals surface area contributed by atoms with Gasteiger partial charge in [0.2, 0.25) is 0 Å². The maximum absolute atomic E-state index is 10.6. The van der Waals surface area contributed by atoms with Gasteiger partial charge in [0.05, 0.1) is 10.9 Å². The van der Waals surface area contributed by atoms with Crippen molar-refractivity contribution in [2.24, 2.45) is 0 Å². The van der Waals surface area contributed by atoms with E-state index in [2.05, 4.69) is 10.3 Å². The Morgan fingerprint density at radius 3 is 3.00 bits per heavy atom. The van der Waals surface area contributed by atoms with Crippen molar-refractivity contribution in [3.05, 3.63) is 22.5 Å². The van der Waals surface area contributed by atoms with E-state index in [0.717, 1.165) is 10.3 Å². The number of nitriles is 1. The van der Waals surface area contributed by atoms with Crippen LogP contribution in [0.5, 0.6) is 0 Å². The summed E-state index contributed by atoms with van der Waals surface area (Å²) in [6, 6.07) is 1.95. The minimum Gasteiger partial charge on any atom is -0.465 e. The molecule has 0 aromatic carbocycles. The second-order valence-electron chi connectivity index (χ2n) is 3.28. The van der Waals surface area contributed by atoms with E-state index in [4.69, 9.17) is 22.0 Å². The Hall–Kier alpha value is -1.84. The van der Waals surface area contributed by atoms with E-state index in [-0.39, 0.29) is 15.7 Å². The highest BCUT2D eigenvalue weighted by molar-refractivity contribution is 7.23. The number of hydrogen-bond acceptors (Lipinski definition) is 4. The van der Waals surface area contributed by atoms with Crippen LogP contribution in [0.3, 0.4) is 0 Å². The molecule has 5 nitrogen and oxygen atoms in total. The lowest BCUT2D eigenvalue weighted by molar-refractivity contribution is 0.210. The van der Waals surface area contributed by atoms with Gasteiger partial charge >= 0.3 is 6.09 Å². The summed E-state index contributed by atoms with van der Waals surface area (Å²) in [6.07, 6.45) is 0.377. The van der Waals surface area contributed by atoms with Gasteiger partial charge in [-0.15, -0.1) is 11.3 Å². The zero-order valence-electron chi connectivity index (χ0n) is 8.61. The van der Waals surface area contributed by atoms with Gasteiger partial charge in [0.1, 0.15) is 16.2 Å². The first kappa shape index (κ1) is 11.6. The molecular formula is C10H6ClN3O2S. The van der Waals surface area contributed by atoms with Crippen molar-refractivity contribution in [2.75, 3.05) is 5.32 Å². The number of rotatable bonds is 1. The van der Waals surface area contributed by atoms with Gasteiger partial charge < -0.3 is 5.11 Å². The summed E-state index contributed by atoms with van der Waals surface area (Å²) >= 11 is 7.11. The van der Waals surface area contributed by atoms with Crippen molar-refractivity contribution < 1.29 is 9.90 Å². The first-order chi connectivity index (χ1) is 8.04. The minimum atomic E-state index is -1.21. The molecular weight excluding hydrogens is 262 g/mol. The molecule has 17 heavy (non-hydrogen) atoms. The van der Waals surface area contributed by atoms with Crippen LogP contribution >= 0.6 is 22.9 Å². The van der Waals surface area contributed by atoms with Gasteiger partial charge in [-0.2, -0.15) is 5.26 Å². The monoisotopic (exact) mass is 267 g/mol. The Labute approximate surface area is 105 Å². The van der Waals surface area contributed by atoms with E-state index in [0.29, 0.717) is 5.39 Å². The van der Waals surface area contributed by atoms with Crippen molar-refractivity contribution >= 4 is 44.1 Å². The molecule has 1 amide bonds. The standard InChI is InChI=1S/C10H6ClN3O2S/c1-4-3-13-8(11)6-5(2-12)9(14-10(15)16)17-7(4)6/h3,14H,1H3,(H,15,16). The number of carbonyl (C=O) groups is 1. The Balaban J connectivity index is 2.80. The second kappa shape index (κ2) is 4.20. The van der Waals surface area contributed by atoms with E-state index in [1.807, 2.05) is 13.0 Å². The van der Waals surface area contributed by atoms with Crippen LogP contribution in [0.15, 0.2) is 6.20 Å². The molecule has 0 bridgehead atoms. The smallest absolute Gasteiger partial charge is 0.409 e. The first-order valence-electron chi connectivity index (χ1n) is 4.52. The average molecular weight is 268 g/mol. The lowest BCUT2D eigenvalue weighted by atomic mass is 10.2. The van der Waals surface area contributed by atoms with Crippen molar-refractivity contribution in [2.45, 2.75) is 6.92 Å². The van der Waals surface area contributed by atoms with E-state index in [1.54, 1.807) is 6.20 Å². The number of thiophene rings is 1. The van der Waals surface area contributed by atoms with E-state index >= 15 is 0 Å². The van der Waals surface area contributed by atoms with Gasteiger partial charge in [0, 0.05) is 10.9 Å². The highest BCUT2D eigenvalue weighted by Gasteiger charge is 2.18. The number of hydrogen-bond donors (Lipinski definition) is 2. The van der Waals surface area contributed by atoms with Crippen LogP contribution in [0.25, 0.3) is 10.1 Å². The summed E-state index contributed by atoms with van der Waals surface area (Å²) < 4.78 is 0.769. The quantitative estimate of drug-likeness (QED) is 0.777. The second-order valence-corrected chi connectivity index (χ2v) is 4.66. The Kier molecular flexibility index (Phi) is 2.88. The van der Waals surface area contributed by atoms with Crippen LogP contribution in [0, 0.1) is 18.3 Å². The summed E-state index contributed by atoms with van der Waals surface area (Å²) in [4.78, 5) is 14.6. The van der Waals surface area contributed by atoms with Crippen LogP contribution in [0.4, 0.5) is 9.80 Å². The number of aromatic nitrogens is 1. The molecule has 86 valence electrons. The number of anilines is 1. The number of nitrogens with one attached hydrogen (secondary N) is 1. The van der Waals surface area contributed by atoms with Crippen molar-refractivity contribution in [1.82, 2.24) is 4.98 Å². The van der Waals surface area contributed by atoms with E-state index < -0.39 is 6.09 Å². The number of aryl methyl sites for hydroxylation is 1. The Bertz CT molecular complexity index is 660. The molecule has 2 N–H and O–H groups in total. The van der Waals surface area contributed by atoms with E-state index in [9.17, 15) is 4.79 Å². The minimum absolute atomic E-state index is 0.205. The van der Waals surface area contributed by atoms with Gasteiger partial charge in [0.15, 0.2) is 0 Å². The van der Waals surface area contributed by atoms with Crippen LogP contribution in [-0.4, -0.2) is 16.2 Å². The molecule has 2 heterocycles. The van der Waals surface area contributed by atoms with Gasteiger partial charge in [-0.05, 0) is 12.5 Å². The molecule has 0 aliphatic carbocycles. The number of carboxylic acid groups (broad SMARTS) is 1. The maximum atomic E-state index is 10.6. The maximum Gasteiger partial charge on any atom is 0.409 e. The van der Waals surface area contributed by atoms with Crippen LogP contribution < -0.4 is 5.32 Å². The molecule has 0 aliphatic heterocycles. The Morgan fingerprint density at radius 1 is 1.71 bits per heavy atom. The molecule has 0 spiro atoms. The molecule has 0 saturated carbocycles. The zero-order valence-corrected chi connectivity index (χ0v) is 10.2. The molecule has 0 radical (unpaired) electrons. The zero-order chi connectivity index (χ0) is 12.6. The lowest BCUT2D eigenvalue weighted by Crippen LogP contribution is -2.06. The molecule has 0 saturated heterocycles. The highest BCUT2D eigenvalue weighted by Crippen LogP contribution is 2.39. The Morgan fingerprint density at radius 2 is 2.41 bits per heavy atom. The van der Waals surface area contributed by atoms with Crippen LogP contribution in [0.2, 0.25) is 5.15 Å². The molecule has 2 rings (SSSR count). The lowest BCUT2D eigenvalue weighted by Gasteiger charge is -1.97. The number of nitrogens with zero attached hydrogens (tertiary/aromatic N) is 2. The molecule has 0 fully saturated rings. The number of halogens is 1. The fourth-order valence-electron chi connectivity index (χ4n) is 1.47. The van der Waals surface area contributed by atoms with Crippen LogP contribution in [-0.2, 0) is 0 Å². The van der Waals surface area contributed by atoms with Crippen molar-refractivity contribution in [3.8, 4) is 6.07 Å². The van der Waals surface area contributed by atoms with Gasteiger partial charge in [-0.3, -0.25) is 5.32 Å². The van der Waals surface area contributed by atoms with Gasteiger partial charge in [-0.25, -0.2) is 9.78 Å². The van der Waals surface area contributed by atoms with E-state index in [1.165, 1.54) is 11.3 Å². The third-order valence-electron chi connectivity index (χ3n) is 2.18. The van der Waals surface area contributed by atoms with Crippen LogP contribution in [0.1, 0.15) is 11.1 Å². The fourth-order valence-corrected chi connectivity index (χ4v) is 2.87. The fraction of sp³-hybridized carbons (Fsp3) is 0.100. The van der Waals surface area contributed by atoms with Crippen molar-refractivity contribution in [1.29, 1.82) is 5.26 Å². The predicted octanol–water partition coefficient (Wildman–Crippen LogP) is 3.22. The number of pyridine rings is 1.